The molecule has 1 aromatic heterocycles. The van der Waals surface area contributed by atoms with Gasteiger partial charge in [0.2, 0.25) is 5.91 Å². The third kappa shape index (κ3) is 3.95. The highest BCUT2D eigenvalue weighted by Crippen LogP contribution is 2.47. The highest BCUT2D eigenvalue weighted by Gasteiger charge is 2.36. The van der Waals surface area contributed by atoms with Gasteiger partial charge < -0.3 is 9.52 Å². The fraction of sp³-hybridized carbons (Fsp3) is 0.333. The van der Waals surface area contributed by atoms with Crippen molar-refractivity contribution in [2.75, 3.05) is 0 Å². The van der Waals surface area contributed by atoms with E-state index in [0.29, 0.717) is 18.3 Å². The smallest absolute Gasteiger partial charge is 0.269 e. The van der Waals surface area contributed by atoms with Gasteiger partial charge in [-0.15, -0.1) is 0 Å². The molecule has 3 rings (SSSR count). The molecule has 0 saturated heterocycles. The minimum Gasteiger partial charge on any atom is -0.508 e. The number of carbonyl (C=O) groups excluding carboxylic acids is 2. The quantitative estimate of drug-likeness (QED) is 0.735. The van der Waals surface area contributed by atoms with Crippen LogP contribution in [0.25, 0.3) is 0 Å². The van der Waals surface area contributed by atoms with E-state index in [-0.39, 0.29) is 23.6 Å². The molecule has 0 bridgehead atoms. The molecule has 0 radical (unpaired) electrons. The lowest BCUT2D eigenvalue weighted by molar-refractivity contribution is -0.121. The average Bonchev–Trinajstić information content (AvgIpc) is 3.11. The van der Waals surface area contributed by atoms with Gasteiger partial charge in [-0.3, -0.25) is 20.4 Å². The molecule has 2 amide bonds. The number of carbonyl (C=O) groups is 2. The fourth-order valence-electron chi connectivity index (χ4n) is 2.59. The highest BCUT2D eigenvalue weighted by atomic mass is 16.3. The third-order valence-corrected chi connectivity index (χ3v) is 4.18. The maximum Gasteiger partial charge on any atom is 0.269 e. The predicted octanol–water partition coefficient (Wildman–Crippen LogP) is 2.50. The summed E-state index contributed by atoms with van der Waals surface area (Å²) < 4.78 is 5.74. The lowest BCUT2D eigenvalue weighted by Gasteiger charge is -2.07. The van der Waals surface area contributed by atoms with E-state index in [4.69, 9.17) is 4.42 Å². The molecule has 126 valence electrons. The average molecular weight is 328 g/mol. The Hall–Kier alpha value is -2.76. The summed E-state index contributed by atoms with van der Waals surface area (Å²) in [4.78, 5) is 23.6. The topological polar surface area (TPSA) is 91.6 Å². The number of amides is 2. The maximum atomic E-state index is 11.8. The maximum absolute atomic E-state index is 11.8. The molecule has 0 spiro atoms. The van der Waals surface area contributed by atoms with Crippen LogP contribution in [-0.4, -0.2) is 16.9 Å². The van der Waals surface area contributed by atoms with Crippen LogP contribution in [0.2, 0.25) is 0 Å². The number of hydrogen-bond donors (Lipinski definition) is 3. The second-order valence-corrected chi connectivity index (χ2v) is 6.18. The van der Waals surface area contributed by atoms with Crippen LogP contribution in [0.4, 0.5) is 0 Å². The van der Waals surface area contributed by atoms with E-state index < -0.39 is 5.91 Å². The van der Waals surface area contributed by atoms with E-state index in [1.54, 1.807) is 12.1 Å². The van der Waals surface area contributed by atoms with Gasteiger partial charge in [0.05, 0.1) is 0 Å². The predicted molar refractivity (Wildman–Crippen MR) is 87.3 cm³/mol. The molecule has 1 fully saturated rings. The Kier molecular flexibility index (Phi) is 4.55. The van der Waals surface area contributed by atoms with Crippen molar-refractivity contribution in [2.24, 2.45) is 5.92 Å². The Morgan fingerprint density at radius 3 is 2.75 bits per heavy atom. The van der Waals surface area contributed by atoms with Gasteiger partial charge in [0, 0.05) is 24.3 Å². The van der Waals surface area contributed by atoms with Gasteiger partial charge in [-0.25, -0.2) is 0 Å². The molecule has 2 aromatic rings. The van der Waals surface area contributed by atoms with E-state index in [2.05, 4.69) is 17.8 Å². The van der Waals surface area contributed by atoms with Crippen LogP contribution in [0.15, 0.2) is 40.8 Å². The number of hydrogen-bond acceptors (Lipinski definition) is 4. The van der Waals surface area contributed by atoms with Gasteiger partial charge in [-0.2, -0.15) is 0 Å². The zero-order chi connectivity index (χ0) is 17.1. The monoisotopic (exact) mass is 328 g/mol. The lowest BCUT2D eigenvalue weighted by Crippen LogP contribution is -2.41. The Balaban J connectivity index is 1.42. The van der Waals surface area contributed by atoms with Crippen LogP contribution in [0.1, 0.15) is 47.6 Å². The Bertz CT molecular complexity index is 753. The zero-order valence-corrected chi connectivity index (χ0v) is 13.4. The Morgan fingerprint density at radius 2 is 2.04 bits per heavy atom. The minimum absolute atomic E-state index is 0.00687. The molecule has 24 heavy (non-hydrogen) atoms. The molecule has 1 aliphatic carbocycles. The second-order valence-electron chi connectivity index (χ2n) is 6.18. The summed E-state index contributed by atoms with van der Waals surface area (Å²) >= 11 is 0. The van der Waals surface area contributed by atoms with Crippen LogP contribution in [0.5, 0.6) is 5.75 Å². The summed E-state index contributed by atoms with van der Waals surface area (Å²) in [5.41, 5.74) is 4.95. The van der Waals surface area contributed by atoms with Gasteiger partial charge in [0.1, 0.15) is 17.3 Å². The third-order valence-electron chi connectivity index (χ3n) is 4.18. The number of rotatable bonds is 5. The number of phenolic OH excluding ortho intramolecular Hbond substituents is 1. The molecule has 1 saturated carbocycles. The van der Waals surface area contributed by atoms with Crippen molar-refractivity contribution in [3.05, 3.63) is 53.5 Å². The van der Waals surface area contributed by atoms with Gasteiger partial charge in [-0.05, 0) is 42.7 Å². The molecule has 6 heteroatoms. The number of aromatic hydroxyl groups is 1. The molecule has 1 aliphatic rings. The Labute approximate surface area is 139 Å². The van der Waals surface area contributed by atoms with E-state index in [9.17, 15) is 14.7 Å². The summed E-state index contributed by atoms with van der Waals surface area (Å²) in [6.45, 7) is 2.19. The van der Waals surface area contributed by atoms with Gasteiger partial charge in [0.15, 0.2) is 0 Å². The molecule has 0 unspecified atom stereocenters. The summed E-state index contributed by atoms with van der Waals surface area (Å²) in [6.07, 6.45) is 1.86. The molecular weight excluding hydrogens is 308 g/mol. The lowest BCUT2D eigenvalue weighted by atomic mass is 10.2. The summed E-state index contributed by atoms with van der Waals surface area (Å²) in [6, 6.07) is 9.77. The van der Waals surface area contributed by atoms with Crippen molar-refractivity contribution >= 4 is 11.8 Å². The van der Waals surface area contributed by atoms with Crippen LogP contribution >= 0.6 is 0 Å². The number of benzene rings is 1. The normalized spacial score (nSPS) is 18.9. The summed E-state index contributed by atoms with van der Waals surface area (Å²) in [7, 11) is 0. The van der Waals surface area contributed by atoms with Crippen LogP contribution in [0, 0.1) is 5.92 Å². The molecule has 1 aromatic carbocycles. The van der Waals surface area contributed by atoms with Gasteiger partial charge in [-0.1, -0.05) is 13.0 Å². The standard InChI is InChI=1S/C18H20N2O4/c1-11-9-15(11)16-7-5-14(24-16)6-8-17(22)19-20-18(23)12-3-2-4-13(21)10-12/h2-5,7,10-11,15,21H,6,8-9H2,1H3,(H,19,22)(H,20,23)/t11-,15+/m1/s1. The molecule has 2 atom stereocenters. The van der Waals surface area contributed by atoms with Crippen molar-refractivity contribution in [3.63, 3.8) is 0 Å². The molecule has 6 nitrogen and oxygen atoms in total. The van der Waals surface area contributed by atoms with E-state index >= 15 is 0 Å². The first-order chi connectivity index (χ1) is 11.5. The highest BCUT2D eigenvalue weighted by molar-refractivity contribution is 5.95. The first kappa shape index (κ1) is 16.1. The SMILES string of the molecule is C[C@@H]1C[C@@H]1c1ccc(CCC(=O)NNC(=O)c2cccc(O)c2)o1. The van der Waals surface area contributed by atoms with Gasteiger partial charge in [0.25, 0.3) is 5.91 Å². The molecular formula is C18H20N2O4. The first-order valence-corrected chi connectivity index (χ1v) is 8.00. The number of phenols is 1. The second kappa shape index (κ2) is 6.78. The summed E-state index contributed by atoms with van der Waals surface area (Å²) in [5.74, 6) is 2.18. The van der Waals surface area contributed by atoms with E-state index in [0.717, 1.165) is 17.9 Å². The van der Waals surface area contributed by atoms with Crippen LogP contribution in [0.3, 0.4) is 0 Å². The van der Waals surface area contributed by atoms with Crippen molar-refractivity contribution in [1.29, 1.82) is 0 Å². The molecule has 1 heterocycles. The van der Waals surface area contributed by atoms with Crippen LogP contribution < -0.4 is 10.9 Å². The summed E-state index contributed by atoms with van der Waals surface area (Å²) in [5, 5.41) is 9.33. The van der Waals surface area contributed by atoms with Gasteiger partial charge >= 0.3 is 0 Å². The molecule has 0 aliphatic heterocycles. The van der Waals surface area contributed by atoms with Crippen molar-refractivity contribution in [3.8, 4) is 5.75 Å². The van der Waals surface area contributed by atoms with E-state index in [1.807, 2.05) is 12.1 Å². The molecule has 3 N–H and O–H groups in total. The van der Waals surface area contributed by atoms with Crippen LogP contribution in [-0.2, 0) is 11.2 Å². The number of hydrazine groups is 1. The Morgan fingerprint density at radius 1 is 1.25 bits per heavy atom. The van der Waals surface area contributed by atoms with Crippen molar-refractivity contribution in [1.82, 2.24) is 10.9 Å². The number of furan rings is 1. The number of nitrogens with one attached hydrogen (secondary N) is 2. The largest absolute Gasteiger partial charge is 0.508 e. The van der Waals surface area contributed by atoms with Crippen molar-refractivity contribution < 1.29 is 19.1 Å². The number of aryl methyl sites for hydroxylation is 1. The minimum atomic E-state index is -0.484. The zero-order valence-electron chi connectivity index (χ0n) is 13.4. The van der Waals surface area contributed by atoms with Crippen molar-refractivity contribution in [2.45, 2.75) is 32.1 Å². The van der Waals surface area contributed by atoms with E-state index in [1.165, 1.54) is 12.1 Å². The fourth-order valence-corrected chi connectivity index (χ4v) is 2.59. The first-order valence-electron chi connectivity index (χ1n) is 8.00.